The number of aromatic nitrogens is 1. The predicted molar refractivity (Wildman–Crippen MR) is 120 cm³/mol. The molecule has 154 valence electrons. The van der Waals surface area contributed by atoms with Gasteiger partial charge in [0.1, 0.15) is 5.75 Å². The Hall–Kier alpha value is -4.26. The number of non-ortho nitro benzene ring substituents is 1. The Balaban J connectivity index is 1.78. The molecule has 7 heteroatoms. The summed E-state index contributed by atoms with van der Waals surface area (Å²) in [6.45, 7) is 1.78. The van der Waals surface area contributed by atoms with Gasteiger partial charge < -0.3 is 10.1 Å². The van der Waals surface area contributed by atoms with Crippen molar-refractivity contribution in [2.24, 2.45) is 0 Å². The van der Waals surface area contributed by atoms with Crippen molar-refractivity contribution in [2.75, 3.05) is 12.4 Å². The van der Waals surface area contributed by atoms with Crippen molar-refractivity contribution in [3.05, 3.63) is 94.0 Å². The van der Waals surface area contributed by atoms with Gasteiger partial charge in [-0.05, 0) is 48.9 Å². The molecule has 0 radical (unpaired) electrons. The number of carbonyl (C=O) groups is 1. The van der Waals surface area contributed by atoms with Gasteiger partial charge in [-0.1, -0.05) is 24.3 Å². The fraction of sp³-hybridized carbons (Fsp3) is 0.0833. The standard InChI is InChI=1S/C24H19N3O4/c1-15-7-10-17(27(29)30)13-22(15)26-24(28)20-14-23(16-8-11-18(31-2)12-9-16)25-21-6-4-3-5-19(20)21/h3-14H,1-2H3,(H,26,28). The smallest absolute Gasteiger partial charge is 0.271 e. The third-order valence-electron chi connectivity index (χ3n) is 5.03. The summed E-state index contributed by atoms with van der Waals surface area (Å²) in [7, 11) is 1.60. The lowest BCUT2D eigenvalue weighted by atomic mass is 10.0. The SMILES string of the molecule is COc1ccc(-c2cc(C(=O)Nc3cc([N+](=O)[O-])ccc3C)c3ccccc3n2)cc1. The van der Waals surface area contributed by atoms with E-state index in [-0.39, 0.29) is 11.6 Å². The van der Waals surface area contributed by atoms with Crippen molar-refractivity contribution >= 4 is 28.2 Å². The predicted octanol–water partition coefficient (Wildman–Crippen LogP) is 5.38. The third kappa shape index (κ3) is 4.06. The number of rotatable bonds is 5. The number of fused-ring (bicyclic) bond motifs is 1. The van der Waals surface area contributed by atoms with Crippen molar-refractivity contribution in [3.63, 3.8) is 0 Å². The molecule has 7 nitrogen and oxygen atoms in total. The summed E-state index contributed by atoms with van der Waals surface area (Å²) in [6, 6.07) is 20.9. The fourth-order valence-electron chi connectivity index (χ4n) is 3.32. The zero-order valence-electron chi connectivity index (χ0n) is 17.0. The molecule has 0 aliphatic rings. The van der Waals surface area contributed by atoms with Crippen LogP contribution < -0.4 is 10.1 Å². The Bertz CT molecular complexity index is 1300. The maximum Gasteiger partial charge on any atom is 0.271 e. The molecule has 0 aliphatic heterocycles. The van der Waals surface area contributed by atoms with E-state index in [1.165, 1.54) is 12.1 Å². The number of benzene rings is 3. The van der Waals surface area contributed by atoms with E-state index < -0.39 is 4.92 Å². The van der Waals surface area contributed by atoms with Crippen LogP contribution in [0.4, 0.5) is 11.4 Å². The molecule has 3 aromatic carbocycles. The molecule has 4 rings (SSSR count). The number of methoxy groups -OCH3 is 1. The fourth-order valence-corrected chi connectivity index (χ4v) is 3.32. The topological polar surface area (TPSA) is 94.4 Å². The molecule has 1 N–H and O–H groups in total. The molecule has 1 heterocycles. The molecule has 1 amide bonds. The van der Waals surface area contributed by atoms with Gasteiger partial charge in [0.2, 0.25) is 0 Å². The minimum atomic E-state index is -0.487. The van der Waals surface area contributed by atoms with Gasteiger partial charge in [0.15, 0.2) is 0 Å². The second kappa shape index (κ2) is 8.23. The number of ether oxygens (including phenoxy) is 1. The average Bonchev–Trinajstić information content (AvgIpc) is 2.79. The van der Waals surface area contributed by atoms with E-state index in [1.807, 2.05) is 48.5 Å². The van der Waals surface area contributed by atoms with Crippen LogP contribution in [0.15, 0.2) is 72.8 Å². The molecular weight excluding hydrogens is 394 g/mol. The van der Waals surface area contributed by atoms with Crippen LogP contribution in [0.3, 0.4) is 0 Å². The van der Waals surface area contributed by atoms with Crippen LogP contribution in [0.5, 0.6) is 5.75 Å². The van der Waals surface area contributed by atoms with Crippen LogP contribution in [0.2, 0.25) is 0 Å². The summed E-state index contributed by atoms with van der Waals surface area (Å²) in [4.78, 5) is 28.5. The van der Waals surface area contributed by atoms with Crippen molar-refractivity contribution in [1.29, 1.82) is 0 Å². The molecule has 0 spiro atoms. The number of aryl methyl sites for hydroxylation is 1. The number of pyridine rings is 1. The molecular formula is C24H19N3O4. The van der Waals surface area contributed by atoms with Gasteiger partial charge in [-0.3, -0.25) is 14.9 Å². The van der Waals surface area contributed by atoms with Gasteiger partial charge in [-0.25, -0.2) is 4.98 Å². The maximum atomic E-state index is 13.2. The molecule has 4 aromatic rings. The highest BCUT2D eigenvalue weighted by atomic mass is 16.6. The molecule has 0 fully saturated rings. The van der Waals surface area contributed by atoms with Crippen molar-refractivity contribution in [2.45, 2.75) is 6.92 Å². The summed E-state index contributed by atoms with van der Waals surface area (Å²) in [6.07, 6.45) is 0. The molecule has 1 aromatic heterocycles. The van der Waals surface area contributed by atoms with Gasteiger partial charge in [-0.15, -0.1) is 0 Å². The van der Waals surface area contributed by atoms with E-state index in [0.29, 0.717) is 27.8 Å². The van der Waals surface area contributed by atoms with Crippen molar-refractivity contribution in [1.82, 2.24) is 4.98 Å². The second-order valence-electron chi connectivity index (χ2n) is 7.01. The highest BCUT2D eigenvalue weighted by Crippen LogP contribution is 2.28. The monoisotopic (exact) mass is 413 g/mol. The first kappa shape index (κ1) is 20.0. The van der Waals surface area contributed by atoms with Crippen LogP contribution in [0, 0.1) is 17.0 Å². The molecule has 0 unspecified atom stereocenters. The number of nitro groups is 1. The lowest BCUT2D eigenvalue weighted by Crippen LogP contribution is -2.14. The van der Waals surface area contributed by atoms with Crippen molar-refractivity contribution in [3.8, 4) is 17.0 Å². The van der Waals surface area contributed by atoms with Gasteiger partial charge >= 0.3 is 0 Å². The lowest BCUT2D eigenvalue weighted by Gasteiger charge is -2.12. The highest BCUT2D eigenvalue weighted by Gasteiger charge is 2.16. The van der Waals surface area contributed by atoms with Crippen LogP contribution in [-0.4, -0.2) is 22.9 Å². The van der Waals surface area contributed by atoms with E-state index in [9.17, 15) is 14.9 Å². The molecule has 0 aliphatic carbocycles. The van der Waals surface area contributed by atoms with Gasteiger partial charge in [-0.2, -0.15) is 0 Å². The number of nitro benzene ring substituents is 1. The number of carbonyl (C=O) groups excluding carboxylic acids is 1. The second-order valence-corrected chi connectivity index (χ2v) is 7.01. The number of para-hydroxylation sites is 1. The summed E-state index contributed by atoms with van der Waals surface area (Å²) >= 11 is 0. The summed E-state index contributed by atoms with van der Waals surface area (Å²) in [5.41, 5.74) is 3.63. The Morgan fingerprint density at radius 2 is 1.77 bits per heavy atom. The maximum absolute atomic E-state index is 13.2. The van der Waals surface area contributed by atoms with Crippen LogP contribution >= 0.6 is 0 Å². The highest BCUT2D eigenvalue weighted by molar-refractivity contribution is 6.13. The quantitative estimate of drug-likeness (QED) is 0.350. The summed E-state index contributed by atoms with van der Waals surface area (Å²) in [5.74, 6) is 0.362. The van der Waals surface area contributed by atoms with Crippen molar-refractivity contribution < 1.29 is 14.5 Å². The van der Waals surface area contributed by atoms with Crippen LogP contribution in [0.1, 0.15) is 15.9 Å². The molecule has 0 saturated carbocycles. The van der Waals surface area contributed by atoms with E-state index >= 15 is 0 Å². The Labute approximate surface area is 178 Å². The number of amides is 1. The Kier molecular flexibility index (Phi) is 5.32. The van der Waals surface area contributed by atoms with E-state index in [2.05, 4.69) is 5.32 Å². The molecule has 31 heavy (non-hydrogen) atoms. The van der Waals surface area contributed by atoms with E-state index in [0.717, 1.165) is 16.9 Å². The Morgan fingerprint density at radius 1 is 1.03 bits per heavy atom. The third-order valence-corrected chi connectivity index (χ3v) is 5.03. The average molecular weight is 413 g/mol. The van der Waals surface area contributed by atoms with Crippen LogP contribution in [-0.2, 0) is 0 Å². The molecule has 0 saturated heterocycles. The summed E-state index contributed by atoms with van der Waals surface area (Å²) < 4.78 is 5.21. The minimum absolute atomic E-state index is 0.0839. The zero-order chi connectivity index (χ0) is 22.0. The van der Waals surface area contributed by atoms with Gasteiger partial charge in [0.25, 0.3) is 11.6 Å². The zero-order valence-corrected chi connectivity index (χ0v) is 17.0. The lowest BCUT2D eigenvalue weighted by molar-refractivity contribution is -0.384. The van der Waals surface area contributed by atoms with Gasteiger partial charge in [0.05, 0.1) is 34.5 Å². The summed E-state index contributed by atoms with van der Waals surface area (Å²) in [5, 5.41) is 14.6. The first-order valence-corrected chi connectivity index (χ1v) is 9.57. The molecule has 0 atom stereocenters. The number of hydrogen-bond acceptors (Lipinski definition) is 5. The van der Waals surface area contributed by atoms with Crippen LogP contribution in [0.25, 0.3) is 22.2 Å². The Morgan fingerprint density at radius 3 is 2.48 bits per heavy atom. The number of nitrogens with one attached hydrogen (secondary N) is 1. The minimum Gasteiger partial charge on any atom is -0.497 e. The normalized spacial score (nSPS) is 10.6. The van der Waals surface area contributed by atoms with E-state index in [4.69, 9.17) is 9.72 Å². The largest absolute Gasteiger partial charge is 0.497 e. The van der Waals surface area contributed by atoms with E-state index in [1.54, 1.807) is 26.2 Å². The van der Waals surface area contributed by atoms with Gasteiger partial charge in [0, 0.05) is 23.1 Å². The first-order valence-electron chi connectivity index (χ1n) is 9.57. The number of nitrogens with zero attached hydrogens (tertiary/aromatic N) is 2. The molecule has 0 bridgehead atoms. The number of hydrogen-bond donors (Lipinski definition) is 1. The first-order chi connectivity index (χ1) is 15.0. The number of anilines is 1.